The number of carbonyl (C=O) groups excluding carboxylic acids is 1. The van der Waals surface area contributed by atoms with E-state index in [0.717, 1.165) is 5.56 Å². The average molecular weight is 383 g/mol. The summed E-state index contributed by atoms with van der Waals surface area (Å²) in [5, 5.41) is 7.10. The number of rotatable bonds is 5. The molecule has 138 valence electrons. The lowest BCUT2D eigenvalue weighted by Gasteiger charge is -2.16. The van der Waals surface area contributed by atoms with E-state index in [0.29, 0.717) is 22.6 Å². The van der Waals surface area contributed by atoms with Gasteiger partial charge in [0.2, 0.25) is 10.0 Å². The summed E-state index contributed by atoms with van der Waals surface area (Å²) < 4.78 is 27.0. The Balaban J connectivity index is 1.64. The van der Waals surface area contributed by atoms with Gasteiger partial charge in [-0.2, -0.15) is 9.40 Å². The van der Waals surface area contributed by atoms with E-state index in [1.165, 1.54) is 4.31 Å². The molecule has 27 heavy (non-hydrogen) atoms. The Kier molecular flexibility index (Phi) is 4.25. The van der Waals surface area contributed by atoms with Gasteiger partial charge in [-0.25, -0.2) is 8.42 Å². The molecule has 2 aromatic heterocycles. The number of nitrogens with one attached hydrogen (secondary N) is 1. The van der Waals surface area contributed by atoms with E-state index in [4.69, 9.17) is 5.73 Å². The number of fused-ring (bicyclic) bond motifs is 1. The van der Waals surface area contributed by atoms with E-state index in [-0.39, 0.29) is 24.4 Å². The average Bonchev–Trinajstić information content (AvgIpc) is 3.23. The fourth-order valence-electron chi connectivity index (χ4n) is 3.17. The van der Waals surface area contributed by atoms with Gasteiger partial charge in [0.15, 0.2) is 0 Å². The van der Waals surface area contributed by atoms with Crippen LogP contribution >= 0.6 is 0 Å². The van der Waals surface area contributed by atoms with Gasteiger partial charge in [-0.1, -0.05) is 30.3 Å². The molecule has 1 aromatic carbocycles. The quantitative estimate of drug-likeness (QED) is 0.690. The first kappa shape index (κ1) is 17.4. The van der Waals surface area contributed by atoms with E-state index >= 15 is 0 Å². The lowest BCUT2D eigenvalue weighted by atomic mass is 10.1. The van der Waals surface area contributed by atoms with Crippen LogP contribution in [0.25, 0.3) is 11.4 Å². The summed E-state index contributed by atoms with van der Waals surface area (Å²) in [6, 6.07) is 12.2. The maximum Gasteiger partial charge on any atom is 0.250 e. The molecule has 3 aromatic rings. The van der Waals surface area contributed by atoms with Crippen molar-refractivity contribution in [2.75, 3.05) is 0 Å². The predicted molar refractivity (Wildman–Crippen MR) is 98.6 cm³/mol. The molecule has 9 heteroatoms. The Labute approximate surface area is 156 Å². The number of hydrogen-bond acceptors (Lipinski definition) is 5. The molecule has 1 amide bonds. The van der Waals surface area contributed by atoms with Gasteiger partial charge in [-0.05, 0) is 17.7 Å². The van der Waals surface area contributed by atoms with Crippen molar-refractivity contribution in [3.63, 3.8) is 0 Å². The monoisotopic (exact) mass is 383 g/mol. The zero-order chi connectivity index (χ0) is 19.0. The topological polar surface area (TPSA) is 122 Å². The second-order valence-corrected chi connectivity index (χ2v) is 8.27. The first-order chi connectivity index (χ1) is 13.0. The van der Waals surface area contributed by atoms with Crippen molar-refractivity contribution in [1.29, 1.82) is 0 Å². The molecule has 0 fully saturated rings. The normalized spacial score (nSPS) is 14.2. The number of amides is 1. The third kappa shape index (κ3) is 3.22. The molecule has 0 atom stereocenters. The number of pyridine rings is 1. The van der Waals surface area contributed by atoms with Crippen LogP contribution in [0.2, 0.25) is 0 Å². The standard InChI is InChI=1S/C18H17N5O3S/c19-18(24)13-7-4-8-20-16(13)17-14-9-23(10-15(14)21-22-17)27(25,26)11-12-5-2-1-3-6-12/h1-8H,9-11H2,(H2,19,24)(H,21,22). The number of H-pyrrole nitrogens is 1. The van der Waals surface area contributed by atoms with E-state index in [1.807, 2.05) is 18.2 Å². The SMILES string of the molecule is NC(=O)c1cccnc1-c1n[nH]c2c1CN(S(=O)(=O)Cc1ccccc1)C2. The van der Waals surface area contributed by atoms with Crippen LogP contribution in [0.1, 0.15) is 27.2 Å². The van der Waals surface area contributed by atoms with Crippen molar-refractivity contribution >= 4 is 15.9 Å². The lowest BCUT2D eigenvalue weighted by molar-refractivity contribution is 0.100. The minimum Gasteiger partial charge on any atom is -0.366 e. The summed E-state index contributed by atoms with van der Waals surface area (Å²) in [5.41, 5.74) is 8.62. The summed E-state index contributed by atoms with van der Waals surface area (Å²) in [5.74, 6) is -0.682. The lowest BCUT2D eigenvalue weighted by Crippen LogP contribution is -2.27. The Morgan fingerprint density at radius 1 is 1.11 bits per heavy atom. The molecule has 0 radical (unpaired) electrons. The number of carbonyl (C=O) groups is 1. The second kappa shape index (κ2) is 6.60. The van der Waals surface area contributed by atoms with Gasteiger partial charge in [-0.3, -0.25) is 14.9 Å². The molecule has 0 unspecified atom stereocenters. The molecule has 8 nitrogen and oxygen atoms in total. The first-order valence-electron chi connectivity index (χ1n) is 8.29. The van der Waals surface area contributed by atoms with Crippen LogP contribution in [-0.2, 0) is 28.9 Å². The third-order valence-corrected chi connectivity index (χ3v) is 6.25. The smallest absolute Gasteiger partial charge is 0.250 e. The number of aromatic amines is 1. The molecular weight excluding hydrogens is 366 g/mol. The Bertz CT molecular complexity index is 1110. The van der Waals surface area contributed by atoms with Crippen LogP contribution in [0.5, 0.6) is 0 Å². The van der Waals surface area contributed by atoms with Crippen molar-refractivity contribution in [3.8, 4) is 11.4 Å². The molecule has 1 aliphatic heterocycles. The van der Waals surface area contributed by atoms with Crippen molar-refractivity contribution in [3.05, 3.63) is 71.0 Å². The summed E-state index contributed by atoms with van der Waals surface area (Å²) in [4.78, 5) is 15.9. The van der Waals surface area contributed by atoms with Crippen molar-refractivity contribution in [2.24, 2.45) is 5.73 Å². The number of benzene rings is 1. The van der Waals surface area contributed by atoms with Crippen molar-refractivity contribution in [1.82, 2.24) is 19.5 Å². The highest BCUT2D eigenvalue weighted by Crippen LogP contribution is 2.33. The minimum atomic E-state index is -3.50. The molecule has 0 bridgehead atoms. The number of sulfonamides is 1. The van der Waals surface area contributed by atoms with Gasteiger partial charge in [0.1, 0.15) is 11.4 Å². The zero-order valence-electron chi connectivity index (χ0n) is 14.3. The third-order valence-electron chi connectivity index (χ3n) is 4.50. The van der Waals surface area contributed by atoms with Gasteiger partial charge >= 0.3 is 0 Å². The fourth-order valence-corrected chi connectivity index (χ4v) is 4.62. The summed E-state index contributed by atoms with van der Waals surface area (Å²) in [6.07, 6.45) is 1.54. The highest BCUT2D eigenvalue weighted by atomic mass is 32.2. The van der Waals surface area contributed by atoms with Gasteiger partial charge in [-0.15, -0.1) is 0 Å². The molecule has 3 heterocycles. The minimum absolute atomic E-state index is 0.0724. The number of primary amides is 1. The van der Waals surface area contributed by atoms with E-state index in [2.05, 4.69) is 15.2 Å². The Morgan fingerprint density at radius 2 is 1.89 bits per heavy atom. The molecular formula is C18H17N5O3S. The molecule has 3 N–H and O–H groups in total. The van der Waals surface area contributed by atoms with Crippen LogP contribution in [0.4, 0.5) is 0 Å². The van der Waals surface area contributed by atoms with Gasteiger partial charge < -0.3 is 5.73 Å². The van der Waals surface area contributed by atoms with Crippen LogP contribution in [0.15, 0.2) is 48.7 Å². The molecule has 4 rings (SSSR count). The van der Waals surface area contributed by atoms with Crippen LogP contribution < -0.4 is 5.73 Å². The predicted octanol–water partition coefficient (Wildman–Crippen LogP) is 1.42. The maximum atomic E-state index is 12.8. The van der Waals surface area contributed by atoms with Crippen molar-refractivity contribution in [2.45, 2.75) is 18.8 Å². The van der Waals surface area contributed by atoms with Gasteiger partial charge in [0.05, 0.1) is 23.6 Å². The maximum absolute atomic E-state index is 12.8. The number of hydrogen-bond donors (Lipinski definition) is 2. The summed E-state index contributed by atoms with van der Waals surface area (Å²) in [6.45, 7) is 0.376. The molecule has 0 saturated heterocycles. The van der Waals surface area contributed by atoms with Crippen molar-refractivity contribution < 1.29 is 13.2 Å². The van der Waals surface area contributed by atoms with Gasteiger partial charge in [0, 0.05) is 18.3 Å². The van der Waals surface area contributed by atoms with Crippen LogP contribution in [-0.4, -0.2) is 33.8 Å². The Morgan fingerprint density at radius 3 is 2.63 bits per heavy atom. The largest absolute Gasteiger partial charge is 0.366 e. The van der Waals surface area contributed by atoms with E-state index < -0.39 is 15.9 Å². The molecule has 1 aliphatic rings. The summed E-state index contributed by atoms with van der Waals surface area (Å²) in [7, 11) is -3.50. The molecule has 0 aliphatic carbocycles. The second-order valence-electron chi connectivity index (χ2n) is 6.30. The summed E-state index contributed by atoms with van der Waals surface area (Å²) >= 11 is 0. The first-order valence-corrected chi connectivity index (χ1v) is 9.89. The zero-order valence-corrected chi connectivity index (χ0v) is 15.1. The van der Waals surface area contributed by atoms with E-state index in [9.17, 15) is 13.2 Å². The van der Waals surface area contributed by atoms with Crippen LogP contribution in [0, 0.1) is 0 Å². The van der Waals surface area contributed by atoms with Gasteiger partial charge in [0.25, 0.3) is 5.91 Å². The Hall–Kier alpha value is -3.04. The number of nitrogens with two attached hydrogens (primary N) is 1. The number of nitrogens with zero attached hydrogens (tertiary/aromatic N) is 3. The van der Waals surface area contributed by atoms with Crippen LogP contribution in [0.3, 0.4) is 0 Å². The molecule has 0 spiro atoms. The highest BCUT2D eigenvalue weighted by Gasteiger charge is 2.34. The fraction of sp³-hybridized carbons (Fsp3) is 0.167. The van der Waals surface area contributed by atoms with E-state index in [1.54, 1.807) is 30.5 Å². The number of aromatic nitrogens is 3. The molecule has 0 saturated carbocycles. The highest BCUT2D eigenvalue weighted by molar-refractivity contribution is 7.88.